The van der Waals surface area contributed by atoms with Crippen molar-refractivity contribution in [1.82, 2.24) is 25.2 Å². The van der Waals surface area contributed by atoms with E-state index in [4.69, 9.17) is 0 Å². The van der Waals surface area contributed by atoms with E-state index >= 15 is 0 Å². The van der Waals surface area contributed by atoms with Crippen molar-refractivity contribution in [2.45, 2.75) is 70.5 Å². The van der Waals surface area contributed by atoms with E-state index in [0.717, 1.165) is 56.6 Å². The Kier molecular flexibility index (Phi) is 4.92. The van der Waals surface area contributed by atoms with Crippen LogP contribution in [0.4, 0.5) is 0 Å². The van der Waals surface area contributed by atoms with E-state index in [1.165, 1.54) is 5.56 Å². The van der Waals surface area contributed by atoms with Crippen LogP contribution in [-0.4, -0.2) is 51.0 Å². The number of carbonyl (C=O) groups is 1. The molecule has 4 atom stereocenters. The summed E-state index contributed by atoms with van der Waals surface area (Å²) in [5, 5.41) is 12.0. The highest BCUT2D eigenvalue weighted by Gasteiger charge is 2.44. The fourth-order valence-electron chi connectivity index (χ4n) is 5.04. The highest BCUT2D eigenvalue weighted by molar-refractivity contribution is 5.80. The lowest BCUT2D eigenvalue weighted by atomic mass is 9.75. The van der Waals surface area contributed by atoms with E-state index in [-0.39, 0.29) is 17.2 Å². The average Bonchev–Trinajstić information content (AvgIpc) is 3.42. The van der Waals surface area contributed by atoms with Crippen LogP contribution in [0.25, 0.3) is 11.3 Å². The molecule has 4 fully saturated rings. The fraction of sp³-hybridized carbons (Fsp3) is 0.625. The van der Waals surface area contributed by atoms with Gasteiger partial charge in [0.1, 0.15) is 5.69 Å². The van der Waals surface area contributed by atoms with Crippen molar-refractivity contribution in [3.05, 3.63) is 36.0 Å². The number of aromatic nitrogens is 3. The molecule has 1 saturated carbocycles. The molecule has 0 radical (unpaired) electrons. The average molecular weight is 408 g/mol. The monoisotopic (exact) mass is 407 g/mol. The third-order valence-corrected chi connectivity index (χ3v) is 7.12. The normalized spacial score (nSPS) is 28.5. The Hall–Kier alpha value is -2.21. The molecule has 3 saturated heterocycles. The van der Waals surface area contributed by atoms with E-state index in [2.05, 4.69) is 71.8 Å². The summed E-state index contributed by atoms with van der Waals surface area (Å²) in [5.74, 6) is 0.960. The smallest absolute Gasteiger partial charge is 0.224 e. The number of fused-ring (bicyclic) bond motifs is 3. The first-order valence-corrected chi connectivity index (χ1v) is 11.4. The van der Waals surface area contributed by atoms with Gasteiger partial charge in [-0.15, -0.1) is 5.10 Å². The molecule has 1 aromatic carbocycles. The molecule has 4 aliphatic rings. The number of hydrogen-bond acceptors (Lipinski definition) is 4. The number of benzene rings is 1. The third kappa shape index (κ3) is 4.02. The Bertz CT molecular complexity index is 908. The van der Waals surface area contributed by atoms with Crippen LogP contribution >= 0.6 is 0 Å². The minimum Gasteiger partial charge on any atom is -0.353 e. The lowest BCUT2D eigenvalue weighted by Gasteiger charge is -2.49. The van der Waals surface area contributed by atoms with Gasteiger partial charge in [-0.3, -0.25) is 14.4 Å². The Morgan fingerprint density at radius 3 is 2.57 bits per heavy atom. The van der Waals surface area contributed by atoms with Crippen molar-refractivity contribution in [3.63, 3.8) is 0 Å². The van der Waals surface area contributed by atoms with Crippen LogP contribution in [0.2, 0.25) is 0 Å². The molecule has 6 nitrogen and oxygen atoms in total. The van der Waals surface area contributed by atoms with Gasteiger partial charge in [0.15, 0.2) is 0 Å². The predicted octanol–water partition coefficient (Wildman–Crippen LogP) is 3.23. The van der Waals surface area contributed by atoms with Gasteiger partial charge in [0, 0.05) is 24.2 Å². The zero-order chi connectivity index (χ0) is 20.9. The van der Waals surface area contributed by atoms with Gasteiger partial charge in [0.25, 0.3) is 0 Å². The lowest BCUT2D eigenvalue weighted by Crippen LogP contribution is -2.58. The SMILES string of the molecule is CC(C)(C)c1ccc(-c2cn(C[C@H]3CC4CCN3C[C@@H]4C(=O)NC3CC3)nn2)cc1. The molecular formula is C24H33N5O. The van der Waals surface area contributed by atoms with Gasteiger partial charge in [-0.25, -0.2) is 0 Å². The molecule has 1 aromatic heterocycles. The molecular weight excluding hydrogens is 374 g/mol. The molecule has 0 spiro atoms. The second kappa shape index (κ2) is 7.49. The number of piperidine rings is 3. The van der Waals surface area contributed by atoms with Gasteiger partial charge in [-0.2, -0.15) is 0 Å². The first kappa shape index (κ1) is 19.7. The number of nitrogens with zero attached hydrogens (tertiary/aromatic N) is 4. The van der Waals surface area contributed by atoms with E-state index in [9.17, 15) is 4.79 Å². The molecule has 160 valence electrons. The van der Waals surface area contributed by atoms with Crippen LogP contribution in [0.3, 0.4) is 0 Å². The summed E-state index contributed by atoms with van der Waals surface area (Å²) >= 11 is 0. The topological polar surface area (TPSA) is 63.1 Å². The van der Waals surface area contributed by atoms with Crippen molar-refractivity contribution in [3.8, 4) is 11.3 Å². The molecule has 1 aliphatic carbocycles. The van der Waals surface area contributed by atoms with Gasteiger partial charge in [-0.1, -0.05) is 50.3 Å². The zero-order valence-corrected chi connectivity index (χ0v) is 18.3. The molecule has 6 rings (SSSR count). The van der Waals surface area contributed by atoms with Crippen LogP contribution < -0.4 is 5.32 Å². The molecule has 2 bridgehead atoms. The van der Waals surface area contributed by atoms with Gasteiger partial charge < -0.3 is 5.32 Å². The summed E-state index contributed by atoms with van der Waals surface area (Å²) in [6.45, 7) is 9.52. The number of carbonyl (C=O) groups excluding carboxylic acids is 1. The van der Waals surface area contributed by atoms with Crippen molar-refractivity contribution in [2.75, 3.05) is 13.1 Å². The summed E-state index contributed by atoms with van der Waals surface area (Å²) in [5.41, 5.74) is 3.51. The Labute approximate surface area is 179 Å². The van der Waals surface area contributed by atoms with Crippen molar-refractivity contribution in [1.29, 1.82) is 0 Å². The van der Waals surface area contributed by atoms with Crippen LogP contribution in [0.1, 0.15) is 52.0 Å². The first-order chi connectivity index (χ1) is 14.4. The molecule has 1 N–H and O–H groups in total. The van der Waals surface area contributed by atoms with Crippen molar-refractivity contribution >= 4 is 5.91 Å². The van der Waals surface area contributed by atoms with E-state index in [0.29, 0.717) is 18.0 Å². The highest BCUT2D eigenvalue weighted by Crippen LogP contribution is 2.37. The quantitative estimate of drug-likeness (QED) is 0.827. The molecule has 2 aromatic rings. The molecule has 30 heavy (non-hydrogen) atoms. The second-order valence-electron chi connectivity index (χ2n) is 10.5. The molecule has 1 amide bonds. The fourth-order valence-corrected chi connectivity index (χ4v) is 5.04. The van der Waals surface area contributed by atoms with Crippen molar-refractivity contribution < 1.29 is 4.79 Å². The lowest BCUT2D eigenvalue weighted by molar-refractivity contribution is -0.133. The summed E-state index contributed by atoms with van der Waals surface area (Å²) in [6, 6.07) is 9.56. The van der Waals surface area contributed by atoms with Crippen LogP contribution in [0, 0.1) is 11.8 Å². The minimum atomic E-state index is 0.151. The van der Waals surface area contributed by atoms with Gasteiger partial charge >= 0.3 is 0 Å². The number of nitrogens with one attached hydrogen (secondary N) is 1. The highest BCUT2D eigenvalue weighted by atomic mass is 16.2. The van der Waals surface area contributed by atoms with E-state index in [1.54, 1.807) is 0 Å². The summed E-state index contributed by atoms with van der Waals surface area (Å²) in [4.78, 5) is 15.1. The van der Waals surface area contributed by atoms with Crippen LogP contribution in [0.15, 0.2) is 30.5 Å². The number of amides is 1. The van der Waals surface area contributed by atoms with Gasteiger partial charge in [-0.05, 0) is 49.1 Å². The molecule has 4 heterocycles. The predicted molar refractivity (Wildman–Crippen MR) is 117 cm³/mol. The van der Waals surface area contributed by atoms with Gasteiger partial charge in [0.2, 0.25) is 5.91 Å². The third-order valence-electron chi connectivity index (χ3n) is 7.12. The molecule has 6 heteroatoms. The largest absolute Gasteiger partial charge is 0.353 e. The van der Waals surface area contributed by atoms with Crippen LogP contribution in [0.5, 0.6) is 0 Å². The van der Waals surface area contributed by atoms with E-state index in [1.807, 2.05) is 4.68 Å². The first-order valence-electron chi connectivity index (χ1n) is 11.4. The molecule has 2 unspecified atom stereocenters. The maximum atomic E-state index is 12.6. The van der Waals surface area contributed by atoms with Gasteiger partial charge in [0.05, 0.1) is 18.7 Å². The second-order valence-corrected chi connectivity index (χ2v) is 10.5. The van der Waals surface area contributed by atoms with Crippen LogP contribution in [-0.2, 0) is 16.8 Å². The zero-order valence-electron chi connectivity index (χ0n) is 18.3. The van der Waals surface area contributed by atoms with E-state index < -0.39 is 0 Å². The summed E-state index contributed by atoms with van der Waals surface area (Å²) < 4.78 is 1.98. The number of hydrogen-bond donors (Lipinski definition) is 1. The minimum absolute atomic E-state index is 0.151. The summed E-state index contributed by atoms with van der Waals surface area (Å²) in [7, 11) is 0. The Morgan fingerprint density at radius 2 is 1.93 bits per heavy atom. The maximum absolute atomic E-state index is 12.6. The standard InChI is InChI=1S/C24H33N5O/c1-24(2,3)18-6-4-16(5-7-18)22-15-29(27-26-22)13-20-12-17-10-11-28(20)14-21(17)23(30)25-19-8-9-19/h4-7,15,17,19-21H,8-14H2,1-3H3,(H,25,30)/t17?,20-,21+/m1/s1. The molecule has 3 aliphatic heterocycles. The number of rotatable bonds is 5. The Morgan fingerprint density at radius 1 is 1.17 bits per heavy atom. The maximum Gasteiger partial charge on any atom is 0.224 e. The Balaban J connectivity index is 1.22. The summed E-state index contributed by atoms with van der Waals surface area (Å²) in [6.07, 6.45) is 6.60. The van der Waals surface area contributed by atoms with Crippen molar-refractivity contribution in [2.24, 2.45) is 11.8 Å².